The van der Waals surface area contributed by atoms with E-state index in [4.69, 9.17) is 38.7 Å². The minimum Gasteiger partial charge on any atom is -0.449 e. The largest absolute Gasteiger partial charge is 0.449 e. The van der Waals surface area contributed by atoms with Crippen LogP contribution in [0.2, 0.25) is 10.0 Å². The maximum absolute atomic E-state index is 12.4. The predicted octanol–water partition coefficient (Wildman–Crippen LogP) is 7.45. The van der Waals surface area contributed by atoms with E-state index in [2.05, 4.69) is 33.7 Å². The molecule has 12 heteroatoms. The maximum atomic E-state index is 12.4. The second-order valence-corrected chi connectivity index (χ2v) is 11.9. The number of anilines is 1. The number of rotatable bonds is 19. The number of benzene rings is 1. The SMILES string of the molecule is CCCCOC(=O)N(CCCC)CCCCCCNCCCn1c(Sc2cc(Cl)cc(Cl)c2)nc2c(N)ncnc21. The minimum absolute atomic E-state index is 0.161. The maximum Gasteiger partial charge on any atom is 0.409 e. The molecule has 1 amide bonds. The van der Waals surface area contributed by atoms with Crippen molar-refractivity contribution in [2.24, 2.45) is 0 Å². The van der Waals surface area contributed by atoms with Gasteiger partial charge in [0.25, 0.3) is 0 Å². The number of aryl methyl sites for hydroxylation is 1. The molecule has 0 aliphatic heterocycles. The lowest BCUT2D eigenvalue weighted by atomic mass is 10.2. The van der Waals surface area contributed by atoms with E-state index in [0.29, 0.717) is 28.0 Å². The summed E-state index contributed by atoms with van der Waals surface area (Å²) in [4.78, 5) is 28.4. The molecule has 0 aliphatic carbocycles. The van der Waals surface area contributed by atoms with Crippen molar-refractivity contribution in [2.45, 2.75) is 88.2 Å². The average Bonchev–Trinajstić information content (AvgIpc) is 3.28. The monoisotopic (exact) mass is 623 g/mol. The summed E-state index contributed by atoms with van der Waals surface area (Å²) in [5.41, 5.74) is 7.40. The number of carbonyl (C=O) groups excluding carboxylic acids is 1. The molecule has 0 spiro atoms. The van der Waals surface area contributed by atoms with Crippen LogP contribution in [0.15, 0.2) is 34.6 Å². The van der Waals surface area contributed by atoms with Gasteiger partial charge in [-0.3, -0.25) is 0 Å². The first kappa shape index (κ1) is 33.2. The van der Waals surface area contributed by atoms with Gasteiger partial charge >= 0.3 is 6.09 Å². The number of hydrogen-bond acceptors (Lipinski definition) is 8. The number of imidazole rings is 1. The number of ether oxygens (including phenoxy) is 1. The van der Waals surface area contributed by atoms with Crippen LogP contribution < -0.4 is 11.1 Å². The van der Waals surface area contributed by atoms with Crippen molar-refractivity contribution >= 4 is 58.0 Å². The van der Waals surface area contributed by atoms with Gasteiger partial charge in [-0.15, -0.1) is 0 Å². The molecule has 0 unspecified atom stereocenters. The molecule has 0 saturated carbocycles. The zero-order valence-electron chi connectivity index (χ0n) is 24.2. The Balaban J connectivity index is 1.39. The van der Waals surface area contributed by atoms with E-state index >= 15 is 0 Å². The molecule has 41 heavy (non-hydrogen) atoms. The van der Waals surface area contributed by atoms with Crippen LogP contribution in [0, 0.1) is 0 Å². The van der Waals surface area contributed by atoms with Crippen LogP contribution in [-0.4, -0.2) is 63.3 Å². The number of hydrogen-bond donors (Lipinski definition) is 2. The molecule has 3 aromatic rings. The number of halogens is 2. The van der Waals surface area contributed by atoms with Crippen molar-refractivity contribution in [3.8, 4) is 0 Å². The van der Waals surface area contributed by atoms with E-state index in [1.54, 1.807) is 6.07 Å². The molecule has 0 atom stereocenters. The first-order valence-electron chi connectivity index (χ1n) is 14.7. The highest BCUT2D eigenvalue weighted by Crippen LogP contribution is 2.34. The Labute approximate surface area is 257 Å². The van der Waals surface area contributed by atoms with Gasteiger partial charge in [0.2, 0.25) is 0 Å². The summed E-state index contributed by atoms with van der Waals surface area (Å²) in [6, 6.07) is 5.43. The van der Waals surface area contributed by atoms with E-state index in [1.807, 2.05) is 17.0 Å². The Morgan fingerprint density at radius 3 is 2.44 bits per heavy atom. The zero-order valence-corrected chi connectivity index (χ0v) is 26.5. The summed E-state index contributed by atoms with van der Waals surface area (Å²) in [6.45, 7) is 8.88. The molecule has 1 aromatic carbocycles. The molecule has 0 radical (unpaired) electrons. The highest BCUT2D eigenvalue weighted by Gasteiger charge is 2.17. The van der Waals surface area contributed by atoms with Gasteiger partial charge in [-0.05, 0) is 63.4 Å². The van der Waals surface area contributed by atoms with E-state index in [-0.39, 0.29) is 6.09 Å². The van der Waals surface area contributed by atoms with Gasteiger partial charge in [0, 0.05) is 34.6 Å². The summed E-state index contributed by atoms with van der Waals surface area (Å²) in [5, 5.41) is 5.47. The van der Waals surface area contributed by atoms with Crippen LogP contribution >= 0.6 is 35.0 Å². The fourth-order valence-electron chi connectivity index (χ4n) is 4.34. The van der Waals surface area contributed by atoms with Gasteiger partial charge in [-0.25, -0.2) is 19.7 Å². The van der Waals surface area contributed by atoms with Crippen molar-refractivity contribution in [3.05, 3.63) is 34.6 Å². The van der Waals surface area contributed by atoms with Crippen LogP contribution in [0.25, 0.3) is 11.2 Å². The molecule has 226 valence electrons. The van der Waals surface area contributed by atoms with Gasteiger partial charge in [0.15, 0.2) is 22.1 Å². The van der Waals surface area contributed by atoms with Crippen LogP contribution in [0.4, 0.5) is 10.6 Å². The second-order valence-electron chi connectivity index (χ2n) is 10.0. The van der Waals surface area contributed by atoms with E-state index in [1.165, 1.54) is 18.1 Å². The second kappa shape index (κ2) is 18.3. The van der Waals surface area contributed by atoms with Crippen LogP contribution in [0.5, 0.6) is 0 Å². The molecule has 3 N–H and O–H groups in total. The first-order valence-corrected chi connectivity index (χ1v) is 16.2. The molecule has 0 bridgehead atoms. The molecule has 2 aromatic heterocycles. The molecule has 0 fully saturated rings. The van der Waals surface area contributed by atoms with Gasteiger partial charge in [0.1, 0.15) is 6.33 Å². The Kier molecular flexibility index (Phi) is 14.8. The normalized spacial score (nSPS) is 11.3. The smallest absolute Gasteiger partial charge is 0.409 e. The molecule has 3 rings (SSSR count). The highest BCUT2D eigenvalue weighted by molar-refractivity contribution is 7.99. The number of fused-ring (bicyclic) bond motifs is 1. The Bertz CT molecular complexity index is 1210. The topological polar surface area (TPSA) is 111 Å². The van der Waals surface area contributed by atoms with Crippen molar-refractivity contribution < 1.29 is 9.53 Å². The number of amides is 1. The number of nitrogens with zero attached hydrogens (tertiary/aromatic N) is 5. The number of carbonyl (C=O) groups is 1. The molecule has 0 saturated heterocycles. The Hall–Kier alpha value is -2.27. The lowest BCUT2D eigenvalue weighted by molar-refractivity contribution is 0.0997. The van der Waals surface area contributed by atoms with Crippen molar-refractivity contribution in [1.29, 1.82) is 0 Å². The number of nitrogen functional groups attached to an aromatic ring is 1. The molecular weight excluding hydrogens is 581 g/mol. The summed E-state index contributed by atoms with van der Waals surface area (Å²) in [7, 11) is 0. The number of aromatic nitrogens is 4. The quantitative estimate of drug-likeness (QED) is 0.132. The summed E-state index contributed by atoms with van der Waals surface area (Å²) < 4.78 is 7.50. The van der Waals surface area contributed by atoms with Crippen LogP contribution in [0.3, 0.4) is 0 Å². The third-order valence-corrected chi connectivity index (χ3v) is 8.00. The molecular formula is C29H43Cl2N7O2S. The van der Waals surface area contributed by atoms with Crippen LogP contribution in [-0.2, 0) is 11.3 Å². The fourth-order valence-corrected chi connectivity index (χ4v) is 6.00. The van der Waals surface area contributed by atoms with Gasteiger partial charge in [-0.1, -0.05) is 74.5 Å². The Morgan fingerprint density at radius 2 is 1.68 bits per heavy atom. The van der Waals surface area contributed by atoms with E-state index in [9.17, 15) is 4.79 Å². The summed E-state index contributed by atoms with van der Waals surface area (Å²) in [5.74, 6) is 0.361. The molecule has 9 nitrogen and oxygen atoms in total. The fraction of sp³-hybridized carbons (Fsp3) is 0.586. The zero-order chi connectivity index (χ0) is 29.5. The third-order valence-electron chi connectivity index (χ3n) is 6.60. The van der Waals surface area contributed by atoms with Crippen molar-refractivity contribution in [1.82, 2.24) is 29.7 Å². The predicted molar refractivity (Wildman–Crippen MR) is 169 cm³/mol. The van der Waals surface area contributed by atoms with Crippen molar-refractivity contribution in [2.75, 3.05) is 38.5 Å². The third kappa shape index (κ3) is 11.1. The van der Waals surface area contributed by atoms with E-state index < -0.39 is 0 Å². The van der Waals surface area contributed by atoms with E-state index in [0.717, 1.165) is 106 Å². The number of nitrogens with one attached hydrogen (secondary N) is 1. The Morgan fingerprint density at radius 1 is 0.976 bits per heavy atom. The minimum atomic E-state index is -0.161. The standard InChI is InChI=1S/C29H43Cl2N7O2S/c1-3-5-14-37(29(39)40-17-6-4-2)15-10-8-7-9-12-33-13-11-16-38-27-25(26(32)34-21-35-27)36-28(38)41-24-19-22(30)18-23(31)20-24/h18-21,33H,3-17H2,1-2H3,(H2,32,34,35). The number of unbranched alkanes of at least 4 members (excludes halogenated alkanes) is 5. The molecule has 0 aliphatic rings. The number of nitrogens with two attached hydrogens (primary N) is 1. The first-order chi connectivity index (χ1) is 19.9. The van der Waals surface area contributed by atoms with Crippen LogP contribution in [0.1, 0.15) is 71.6 Å². The van der Waals surface area contributed by atoms with Gasteiger partial charge < -0.3 is 25.3 Å². The lowest BCUT2D eigenvalue weighted by Crippen LogP contribution is -2.33. The van der Waals surface area contributed by atoms with Crippen molar-refractivity contribution in [3.63, 3.8) is 0 Å². The average molecular weight is 625 g/mol. The van der Waals surface area contributed by atoms with Gasteiger partial charge in [0.05, 0.1) is 6.61 Å². The highest BCUT2D eigenvalue weighted by atomic mass is 35.5. The van der Waals surface area contributed by atoms with Gasteiger partial charge in [-0.2, -0.15) is 0 Å². The summed E-state index contributed by atoms with van der Waals surface area (Å²) >= 11 is 13.9. The lowest BCUT2D eigenvalue weighted by Gasteiger charge is -2.22. The molecule has 2 heterocycles. The summed E-state index contributed by atoms with van der Waals surface area (Å²) in [6.07, 6.45) is 10.6.